The number of imidazole rings is 1. The Morgan fingerprint density at radius 2 is 1.64 bits per heavy atom. The highest BCUT2D eigenvalue weighted by atomic mass is 35.5. The molecule has 0 spiro atoms. The Balaban J connectivity index is 1.39. The van der Waals surface area contributed by atoms with E-state index in [1.54, 1.807) is 23.2 Å². The predicted molar refractivity (Wildman–Crippen MR) is 155 cm³/mol. The number of carbonyl (C=O) groups excluding carboxylic acids is 1. The summed E-state index contributed by atoms with van der Waals surface area (Å²) in [6, 6.07) is 31.2. The SMILES string of the molecule is Cn1c(-c2ccc(-c3ccccc3)cc2)cnc1[C@H](Cc1ccccn1)N(C=O)c1cc2cc(Cl)ccc2o1. The van der Waals surface area contributed by atoms with Crippen molar-refractivity contribution in [2.75, 3.05) is 4.90 Å². The van der Waals surface area contributed by atoms with Gasteiger partial charge in [0, 0.05) is 41.8 Å². The Kier molecular flexibility index (Phi) is 6.69. The van der Waals surface area contributed by atoms with E-state index in [-0.39, 0.29) is 0 Å². The number of carbonyl (C=O) groups is 1. The molecule has 192 valence electrons. The summed E-state index contributed by atoms with van der Waals surface area (Å²) in [4.78, 5) is 23.5. The zero-order valence-electron chi connectivity index (χ0n) is 21.2. The van der Waals surface area contributed by atoms with Crippen LogP contribution in [0.1, 0.15) is 17.6 Å². The summed E-state index contributed by atoms with van der Waals surface area (Å²) in [6.07, 6.45) is 4.84. The first-order valence-electron chi connectivity index (χ1n) is 12.6. The van der Waals surface area contributed by atoms with Crippen molar-refractivity contribution in [3.63, 3.8) is 0 Å². The minimum Gasteiger partial charge on any atom is -0.440 e. The average molecular weight is 533 g/mol. The number of anilines is 1. The van der Waals surface area contributed by atoms with E-state index in [2.05, 4.69) is 41.4 Å². The third kappa shape index (κ3) is 4.94. The van der Waals surface area contributed by atoms with Gasteiger partial charge in [-0.1, -0.05) is 72.3 Å². The molecule has 0 bridgehead atoms. The fraction of sp³-hybridized carbons (Fsp3) is 0.0938. The molecule has 1 atom stereocenters. The number of nitrogens with zero attached hydrogens (tertiary/aromatic N) is 4. The highest BCUT2D eigenvalue weighted by Crippen LogP contribution is 2.35. The van der Waals surface area contributed by atoms with Crippen molar-refractivity contribution in [3.8, 4) is 22.4 Å². The van der Waals surface area contributed by atoms with Gasteiger partial charge in [-0.05, 0) is 47.0 Å². The minimum absolute atomic E-state index is 0.417. The molecule has 0 radical (unpaired) electrons. The second kappa shape index (κ2) is 10.6. The van der Waals surface area contributed by atoms with Crippen LogP contribution in [-0.2, 0) is 18.3 Å². The van der Waals surface area contributed by atoms with Crippen LogP contribution < -0.4 is 4.90 Å². The predicted octanol–water partition coefficient (Wildman–Crippen LogP) is 7.50. The van der Waals surface area contributed by atoms with Crippen LogP contribution >= 0.6 is 11.6 Å². The molecule has 0 aliphatic heterocycles. The Morgan fingerprint density at radius 3 is 2.38 bits per heavy atom. The molecule has 0 unspecified atom stereocenters. The minimum atomic E-state index is -0.462. The summed E-state index contributed by atoms with van der Waals surface area (Å²) < 4.78 is 8.11. The van der Waals surface area contributed by atoms with E-state index in [0.29, 0.717) is 28.7 Å². The highest BCUT2D eigenvalue weighted by molar-refractivity contribution is 6.31. The van der Waals surface area contributed by atoms with Crippen LogP contribution in [-0.4, -0.2) is 20.9 Å². The number of hydrogen-bond acceptors (Lipinski definition) is 4. The van der Waals surface area contributed by atoms with Crippen molar-refractivity contribution in [1.82, 2.24) is 14.5 Å². The van der Waals surface area contributed by atoms with E-state index in [0.717, 1.165) is 34.3 Å². The summed E-state index contributed by atoms with van der Waals surface area (Å²) >= 11 is 6.19. The number of hydrogen-bond donors (Lipinski definition) is 0. The van der Waals surface area contributed by atoms with Gasteiger partial charge in [-0.3, -0.25) is 14.7 Å². The molecule has 0 aliphatic rings. The Hall–Kier alpha value is -4.68. The van der Waals surface area contributed by atoms with Gasteiger partial charge in [-0.2, -0.15) is 0 Å². The van der Waals surface area contributed by atoms with Gasteiger partial charge in [0.2, 0.25) is 12.3 Å². The molecular formula is C32H25ClN4O2. The monoisotopic (exact) mass is 532 g/mol. The largest absolute Gasteiger partial charge is 0.440 e. The molecule has 0 fully saturated rings. The number of aromatic nitrogens is 3. The standard InChI is InChI=1S/C32H25ClN4O2/c1-36-29(24-12-10-23(11-13-24)22-7-3-2-4-8-22)20-35-32(36)28(19-27-9-5-6-16-34-27)37(21-38)31-18-25-17-26(33)14-15-30(25)39-31/h2-18,20-21,28H,19H2,1H3/t28-/m0/s1. The fourth-order valence-corrected chi connectivity index (χ4v) is 5.08. The molecule has 1 amide bonds. The topological polar surface area (TPSA) is 64.2 Å². The Labute approximate surface area is 231 Å². The summed E-state index contributed by atoms with van der Waals surface area (Å²) in [5.41, 5.74) is 5.77. The van der Waals surface area contributed by atoms with Gasteiger partial charge in [-0.25, -0.2) is 4.98 Å². The molecule has 0 N–H and O–H groups in total. The number of benzene rings is 3. The third-order valence-corrected chi connectivity index (χ3v) is 7.14. The molecule has 3 heterocycles. The maximum absolute atomic E-state index is 12.6. The van der Waals surface area contributed by atoms with Crippen molar-refractivity contribution in [3.05, 3.63) is 126 Å². The molecule has 0 saturated carbocycles. The van der Waals surface area contributed by atoms with Crippen LogP contribution in [0.15, 0.2) is 114 Å². The van der Waals surface area contributed by atoms with Crippen LogP contribution in [0.5, 0.6) is 0 Å². The molecule has 39 heavy (non-hydrogen) atoms. The first-order valence-corrected chi connectivity index (χ1v) is 13.0. The molecule has 7 heteroatoms. The molecule has 0 aliphatic carbocycles. The lowest BCUT2D eigenvalue weighted by molar-refractivity contribution is -0.108. The Morgan fingerprint density at radius 1 is 0.897 bits per heavy atom. The quantitative estimate of drug-likeness (QED) is 0.190. The lowest BCUT2D eigenvalue weighted by Crippen LogP contribution is -2.31. The number of rotatable bonds is 8. The van der Waals surface area contributed by atoms with Crippen molar-refractivity contribution < 1.29 is 9.21 Å². The maximum Gasteiger partial charge on any atom is 0.217 e. The number of halogens is 1. The zero-order valence-corrected chi connectivity index (χ0v) is 22.0. The second-order valence-electron chi connectivity index (χ2n) is 9.32. The number of fused-ring (bicyclic) bond motifs is 1. The summed E-state index contributed by atoms with van der Waals surface area (Å²) in [5.74, 6) is 1.13. The second-order valence-corrected chi connectivity index (χ2v) is 9.76. The van der Waals surface area contributed by atoms with E-state index in [1.165, 1.54) is 5.56 Å². The summed E-state index contributed by atoms with van der Waals surface area (Å²) in [7, 11) is 1.97. The maximum atomic E-state index is 12.6. The van der Waals surface area contributed by atoms with Crippen LogP contribution in [0.3, 0.4) is 0 Å². The lowest BCUT2D eigenvalue weighted by atomic mass is 10.0. The normalized spacial score (nSPS) is 11.9. The van der Waals surface area contributed by atoms with Gasteiger partial charge in [-0.15, -0.1) is 0 Å². The van der Waals surface area contributed by atoms with E-state index in [4.69, 9.17) is 21.0 Å². The summed E-state index contributed by atoms with van der Waals surface area (Å²) in [6.45, 7) is 0. The molecule has 3 aromatic heterocycles. The van der Waals surface area contributed by atoms with E-state index in [9.17, 15) is 4.79 Å². The van der Waals surface area contributed by atoms with Gasteiger partial charge in [0.25, 0.3) is 0 Å². The highest BCUT2D eigenvalue weighted by Gasteiger charge is 2.29. The van der Waals surface area contributed by atoms with Crippen molar-refractivity contribution >= 4 is 34.9 Å². The molecule has 6 nitrogen and oxygen atoms in total. The first-order chi connectivity index (χ1) is 19.1. The van der Waals surface area contributed by atoms with Gasteiger partial charge in [0.05, 0.1) is 11.9 Å². The van der Waals surface area contributed by atoms with Crippen LogP contribution in [0.25, 0.3) is 33.4 Å². The zero-order chi connectivity index (χ0) is 26.8. The summed E-state index contributed by atoms with van der Waals surface area (Å²) in [5, 5.41) is 1.42. The van der Waals surface area contributed by atoms with Gasteiger partial charge in [0.1, 0.15) is 17.4 Å². The van der Waals surface area contributed by atoms with Crippen molar-refractivity contribution in [2.24, 2.45) is 7.05 Å². The molecule has 0 saturated heterocycles. The fourth-order valence-electron chi connectivity index (χ4n) is 4.90. The Bertz CT molecular complexity index is 1730. The number of furan rings is 1. The van der Waals surface area contributed by atoms with Crippen LogP contribution in [0.4, 0.5) is 5.88 Å². The lowest BCUT2D eigenvalue weighted by Gasteiger charge is -2.26. The number of pyridine rings is 1. The number of amides is 1. The van der Waals surface area contributed by atoms with E-state index in [1.807, 2.05) is 66.3 Å². The van der Waals surface area contributed by atoms with Crippen LogP contribution in [0, 0.1) is 0 Å². The third-order valence-electron chi connectivity index (χ3n) is 6.91. The van der Waals surface area contributed by atoms with E-state index >= 15 is 0 Å². The molecule has 3 aromatic carbocycles. The van der Waals surface area contributed by atoms with Crippen molar-refractivity contribution in [1.29, 1.82) is 0 Å². The molecule has 6 aromatic rings. The van der Waals surface area contributed by atoms with Crippen LogP contribution in [0.2, 0.25) is 5.02 Å². The molecule has 6 rings (SSSR count). The average Bonchev–Trinajstić information content (AvgIpc) is 3.57. The molecular weight excluding hydrogens is 508 g/mol. The van der Waals surface area contributed by atoms with Crippen molar-refractivity contribution in [2.45, 2.75) is 12.5 Å². The van der Waals surface area contributed by atoms with Gasteiger partial charge in [0.15, 0.2) is 0 Å². The van der Waals surface area contributed by atoms with E-state index < -0.39 is 6.04 Å². The first kappa shape index (κ1) is 24.6. The smallest absolute Gasteiger partial charge is 0.217 e. The van der Waals surface area contributed by atoms with Gasteiger partial charge >= 0.3 is 0 Å². The van der Waals surface area contributed by atoms with Gasteiger partial charge < -0.3 is 8.98 Å².